The molecule has 5 aromatic carbocycles. The quantitative estimate of drug-likeness (QED) is 0.0922. The first-order valence-corrected chi connectivity index (χ1v) is 17.6. The third-order valence-corrected chi connectivity index (χ3v) is 9.44. The van der Waals surface area contributed by atoms with Gasteiger partial charge in [-0.1, -0.05) is 164 Å². The minimum absolute atomic E-state index is 0.123. The number of rotatable bonds is 12. The zero-order chi connectivity index (χ0) is 35.9. The molecule has 0 fully saturated rings. The molecule has 0 bridgehead atoms. The van der Waals surface area contributed by atoms with Crippen LogP contribution in [0.2, 0.25) is 5.15 Å². The van der Waals surface area contributed by atoms with Gasteiger partial charge in [0, 0.05) is 12.0 Å². The van der Waals surface area contributed by atoms with E-state index in [-0.39, 0.29) is 11.0 Å². The molecule has 52 heavy (non-hydrogen) atoms. The summed E-state index contributed by atoms with van der Waals surface area (Å²) in [6, 6.07) is 47.5. The van der Waals surface area contributed by atoms with Gasteiger partial charge >= 0.3 is 6.16 Å². The number of unbranched alkanes of at least 4 members (excludes halogenated alkanes) is 1. The van der Waals surface area contributed by atoms with Gasteiger partial charge in [0.15, 0.2) is 11.0 Å². The van der Waals surface area contributed by atoms with Crippen molar-refractivity contribution < 1.29 is 14.3 Å². The number of ether oxygens (including phenoxy) is 2. The molecular formula is C42H37ClN6O3. The first kappa shape index (κ1) is 34.4. The van der Waals surface area contributed by atoms with E-state index in [4.69, 9.17) is 31.4 Å². The Kier molecular flexibility index (Phi) is 10.2. The number of aryl methyl sites for hydroxylation is 1. The zero-order valence-electron chi connectivity index (χ0n) is 28.9. The van der Waals surface area contributed by atoms with E-state index in [1.54, 1.807) is 0 Å². The van der Waals surface area contributed by atoms with E-state index < -0.39 is 11.7 Å². The van der Waals surface area contributed by atoms with E-state index in [0.717, 1.165) is 57.6 Å². The first-order chi connectivity index (χ1) is 25.5. The Morgan fingerprint density at radius 1 is 0.750 bits per heavy atom. The van der Waals surface area contributed by atoms with E-state index >= 15 is 0 Å². The molecule has 7 aromatic rings. The summed E-state index contributed by atoms with van der Waals surface area (Å²) in [6.07, 6.45) is 1.74. The second kappa shape index (κ2) is 15.4. The van der Waals surface area contributed by atoms with Gasteiger partial charge < -0.3 is 9.47 Å². The van der Waals surface area contributed by atoms with Crippen molar-refractivity contribution in [2.45, 2.75) is 38.3 Å². The molecule has 0 aliphatic heterocycles. The van der Waals surface area contributed by atoms with Crippen LogP contribution in [0.25, 0.3) is 22.5 Å². The summed E-state index contributed by atoms with van der Waals surface area (Å²) in [5.74, 6) is 1.53. The third kappa shape index (κ3) is 6.58. The van der Waals surface area contributed by atoms with Crippen molar-refractivity contribution in [3.8, 4) is 28.4 Å². The van der Waals surface area contributed by atoms with E-state index in [1.165, 1.54) is 7.11 Å². The standard InChI is InChI=1S/C42H37ClN6O3/c1-3-4-24-37-44-38(43)40(52-41(50)51-2)48(37)29-30-25-27-31(28-26-30)35-22-14-15-23-36(35)39-45-46-47-49(39)42(32-16-8-5-9-17-32,33-18-10-6-11-19-33)34-20-12-7-13-21-34/h5-23,25-28H,3-4,24,29H2,1-2H3. The number of hydrogen-bond acceptors (Lipinski definition) is 7. The largest absolute Gasteiger partial charge is 0.514 e. The third-order valence-electron chi connectivity index (χ3n) is 9.20. The van der Waals surface area contributed by atoms with Crippen LogP contribution in [0.3, 0.4) is 0 Å². The highest BCUT2D eigenvalue weighted by molar-refractivity contribution is 6.30. The molecule has 9 nitrogen and oxygen atoms in total. The van der Waals surface area contributed by atoms with E-state index in [2.05, 4.69) is 89.9 Å². The summed E-state index contributed by atoms with van der Waals surface area (Å²) in [4.78, 5) is 16.6. The molecule has 0 atom stereocenters. The number of tetrazole rings is 1. The minimum atomic E-state index is -0.884. The summed E-state index contributed by atoms with van der Waals surface area (Å²) in [7, 11) is 1.26. The monoisotopic (exact) mass is 708 g/mol. The lowest BCUT2D eigenvalue weighted by molar-refractivity contribution is 0.118. The highest BCUT2D eigenvalue weighted by Gasteiger charge is 2.42. The second-order valence-corrected chi connectivity index (χ2v) is 12.7. The second-order valence-electron chi connectivity index (χ2n) is 12.3. The van der Waals surface area contributed by atoms with Gasteiger partial charge in [-0.15, -0.1) is 5.10 Å². The van der Waals surface area contributed by atoms with E-state index in [9.17, 15) is 4.79 Å². The fourth-order valence-electron chi connectivity index (χ4n) is 6.74. The molecule has 0 saturated heterocycles. The lowest BCUT2D eigenvalue weighted by atomic mass is 9.77. The van der Waals surface area contributed by atoms with Gasteiger partial charge in [-0.3, -0.25) is 4.57 Å². The molecule has 0 aliphatic rings. The Morgan fingerprint density at radius 3 is 1.87 bits per heavy atom. The van der Waals surface area contributed by atoms with Gasteiger partial charge in [0.05, 0.1) is 13.7 Å². The Balaban J connectivity index is 1.32. The molecule has 0 amide bonds. The molecule has 0 radical (unpaired) electrons. The maximum Gasteiger partial charge on any atom is 0.514 e. The number of methoxy groups -OCH3 is 1. The average Bonchev–Trinajstić information content (AvgIpc) is 3.80. The van der Waals surface area contributed by atoms with Gasteiger partial charge in [0.25, 0.3) is 0 Å². The van der Waals surface area contributed by atoms with Crippen LogP contribution in [0.1, 0.15) is 47.8 Å². The van der Waals surface area contributed by atoms with Crippen molar-refractivity contribution in [2.75, 3.05) is 7.11 Å². The van der Waals surface area contributed by atoms with Crippen molar-refractivity contribution in [1.29, 1.82) is 0 Å². The normalized spacial score (nSPS) is 11.4. The Hall–Kier alpha value is -6.06. The fraction of sp³-hybridized carbons (Fsp3) is 0.167. The highest BCUT2D eigenvalue weighted by atomic mass is 35.5. The van der Waals surface area contributed by atoms with Gasteiger partial charge in [0.1, 0.15) is 11.4 Å². The lowest BCUT2D eigenvalue weighted by Gasteiger charge is -2.36. The van der Waals surface area contributed by atoms with Crippen LogP contribution in [0.15, 0.2) is 140 Å². The molecule has 2 aromatic heterocycles. The molecule has 0 spiro atoms. The molecule has 0 saturated carbocycles. The highest BCUT2D eigenvalue weighted by Crippen LogP contribution is 2.43. The molecule has 10 heteroatoms. The number of halogens is 1. The minimum Gasteiger partial charge on any atom is -0.437 e. The number of imidazole rings is 1. The Bertz CT molecular complexity index is 2160. The smallest absolute Gasteiger partial charge is 0.437 e. The lowest BCUT2D eigenvalue weighted by Crippen LogP contribution is -2.39. The van der Waals surface area contributed by atoms with Crippen molar-refractivity contribution >= 4 is 17.8 Å². The molecule has 260 valence electrons. The van der Waals surface area contributed by atoms with Crippen LogP contribution < -0.4 is 4.74 Å². The van der Waals surface area contributed by atoms with Crippen molar-refractivity contribution in [3.05, 3.63) is 173 Å². The molecule has 0 unspecified atom stereocenters. The number of benzene rings is 5. The van der Waals surface area contributed by atoms with Gasteiger partial charge in [-0.05, 0) is 50.2 Å². The molecule has 7 rings (SSSR count). The Labute approximate surface area is 307 Å². The predicted molar refractivity (Wildman–Crippen MR) is 201 cm³/mol. The number of hydrogen-bond donors (Lipinski definition) is 0. The number of carbonyl (C=O) groups excluding carboxylic acids is 1. The average molecular weight is 709 g/mol. The van der Waals surface area contributed by atoms with Crippen molar-refractivity contribution in [2.24, 2.45) is 0 Å². The summed E-state index contributed by atoms with van der Waals surface area (Å²) in [5, 5.41) is 13.9. The van der Waals surface area contributed by atoms with Crippen molar-refractivity contribution in [3.63, 3.8) is 0 Å². The molecule has 0 N–H and O–H groups in total. The summed E-state index contributed by atoms with van der Waals surface area (Å²) in [6.45, 7) is 2.51. The molecular weight excluding hydrogens is 672 g/mol. The topological polar surface area (TPSA) is 97.0 Å². The zero-order valence-corrected chi connectivity index (χ0v) is 29.6. The molecule has 0 aliphatic carbocycles. The van der Waals surface area contributed by atoms with Crippen LogP contribution in [-0.4, -0.2) is 43.0 Å². The SMILES string of the molecule is CCCCc1nc(Cl)c(OC(=O)OC)n1Cc1ccc(-c2ccccc2-c2nnnn2C(c2ccccc2)(c2ccccc2)c2ccccc2)cc1. The maximum atomic E-state index is 12.1. The van der Waals surface area contributed by atoms with Crippen molar-refractivity contribution in [1.82, 2.24) is 29.8 Å². The summed E-state index contributed by atoms with van der Waals surface area (Å²) in [5.41, 5.74) is 6.00. The van der Waals surface area contributed by atoms with E-state index in [1.807, 2.05) is 76.0 Å². The Morgan fingerprint density at radius 2 is 1.31 bits per heavy atom. The van der Waals surface area contributed by atoms with Gasteiger partial charge in [-0.2, -0.15) is 0 Å². The number of nitrogens with zero attached hydrogens (tertiary/aromatic N) is 6. The molecule has 2 heterocycles. The van der Waals surface area contributed by atoms with Crippen LogP contribution >= 0.6 is 11.6 Å². The number of carbonyl (C=O) groups is 1. The van der Waals surface area contributed by atoms with Gasteiger partial charge in [0.2, 0.25) is 5.88 Å². The summed E-state index contributed by atoms with van der Waals surface area (Å²) < 4.78 is 14.0. The fourth-order valence-corrected chi connectivity index (χ4v) is 6.98. The van der Waals surface area contributed by atoms with Crippen LogP contribution in [0.5, 0.6) is 5.88 Å². The van der Waals surface area contributed by atoms with Crippen LogP contribution in [-0.2, 0) is 23.2 Å². The van der Waals surface area contributed by atoms with E-state index in [0.29, 0.717) is 18.8 Å². The summed E-state index contributed by atoms with van der Waals surface area (Å²) >= 11 is 6.45. The number of aromatic nitrogens is 6. The first-order valence-electron chi connectivity index (χ1n) is 17.2. The van der Waals surface area contributed by atoms with Gasteiger partial charge in [-0.25, -0.2) is 14.5 Å². The van der Waals surface area contributed by atoms with Crippen LogP contribution in [0, 0.1) is 0 Å². The maximum absolute atomic E-state index is 12.1. The predicted octanol–water partition coefficient (Wildman–Crippen LogP) is 9.23. The van der Waals surface area contributed by atoms with Crippen LogP contribution in [0.4, 0.5) is 4.79 Å².